The lowest BCUT2D eigenvalue weighted by Gasteiger charge is -2.55. The molecule has 0 aromatic heterocycles. The van der Waals surface area contributed by atoms with Crippen LogP contribution in [0.2, 0.25) is 0 Å². The van der Waals surface area contributed by atoms with Crippen molar-refractivity contribution in [3.05, 3.63) is 0 Å². The molecule has 8 nitrogen and oxygen atoms in total. The Morgan fingerprint density at radius 2 is 2.00 bits per heavy atom. The number of nitrogens with one attached hydrogen (secondary N) is 2. The molecule has 3 aliphatic rings. The quantitative estimate of drug-likeness (QED) is 0.233. The van der Waals surface area contributed by atoms with Gasteiger partial charge in [0.25, 0.3) is 0 Å². The fraction of sp³-hybridized carbons (Fsp3) is 0.895. The molecule has 2 saturated heterocycles. The van der Waals surface area contributed by atoms with Gasteiger partial charge in [-0.05, 0) is 6.42 Å². The van der Waals surface area contributed by atoms with Gasteiger partial charge in [0.05, 0.1) is 19.3 Å². The Kier molecular flexibility index (Phi) is 8.78. The molecular weight excluding hydrogens is 473 g/mol. The number of rotatable bonds is 6. The van der Waals surface area contributed by atoms with Crippen LogP contribution in [0.1, 0.15) is 20.3 Å². The Labute approximate surface area is 185 Å². The number of carbonyl (C=O) groups excluding carboxylic acids is 1. The van der Waals surface area contributed by atoms with E-state index in [1.54, 1.807) is 7.11 Å². The Morgan fingerprint density at radius 1 is 1.29 bits per heavy atom. The van der Waals surface area contributed by atoms with E-state index in [9.17, 15) is 4.79 Å². The first-order valence-corrected chi connectivity index (χ1v) is 10.0. The van der Waals surface area contributed by atoms with Crippen molar-refractivity contribution in [2.75, 3.05) is 66.6 Å². The molecule has 3 fully saturated rings. The Balaban J connectivity index is 0.00000280. The van der Waals surface area contributed by atoms with Gasteiger partial charge in [-0.3, -0.25) is 14.7 Å². The summed E-state index contributed by atoms with van der Waals surface area (Å²) in [4.78, 5) is 21.0. The molecule has 0 radical (unpaired) electrons. The maximum absolute atomic E-state index is 12.0. The van der Waals surface area contributed by atoms with Gasteiger partial charge in [0.2, 0.25) is 5.91 Å². The highest BCUT2D eigenvalue weighted by molar-refractivity contribution is 14.0. The summed E-state index contributed by atoms with van der Waals surface area (Å²) < 4.78 is 10.9. The van der Waals surface area contributed by atoms with Gasteiger partial charge in [-0.15, -0.1) is 24.0 Å². The predicted octanol–water partition coefficient (Wildman–Crippen LogP) is 0.374. The zero-order chi connectivity index (χ0) is 19.4. The molecule has 0 spiro atoms. The molecule has 162 valence electrons. The first kappa shape index (κ1) is 23.6. The van der Waals surface area contributed by atoms with Gasteiger partial charge in [0, 0.05) is 70.9 Å². The minimum absolute atomic E-state index is 0. The topological polar surface area (TPSA) is 78.4 Å². The number of ether oxygens (including phenoxy) is 2. The molecule has 2 N–H and O–H groups in total. The first-order chi connectivity index (χ1) is 13.0. The molecule has 1 saturated carbocycles. The Hall–Kier alpha value is -0.650. The molecule has 0 aromatic carbocycles. The minimum atomic E-state index is 0. The van der Waals surface area contributed by atoms with E-state index in [4.69, 9.17) is 9.47 Å². The van der Waals surface area contributed by atoms with Crippen LogP contribution in [0.15, 0.2) is 4.99 Å². The number of hydrogen-bond donors (Lipinski definition) is 2. The van der Waals surface area contributed by atoms with Crippen molar-refractivity contribution in [2.45, 2.75) is 32.4 Å². The molecule has 3 rings (SSSR count). The SMILES string of the molecule is CN=C(NC1C2CCOC2C1(C)C)N1CCN(CC(=O)NCCOC)CC1.I. The van der Waals surface area contributed by atoms with Gasteiger partial charge in [-0.2, -0.15) is 0 Å². The third-order valence-corrected chi connectivity index (χ3v) is 6.26. The molecule has 1 amide bonds. The van der Waals surface area contributed by atoms with Crippen molar-refractivity contribution >= 4 is 35.8 Å². The van der Waals surface area contributed by atoms with Crippen molar-refractivity contribution in [1.29, 1.82) is 0 Å². The van der Waals surface area contributed by atoms with E-state index in [-0.39, 0.29) is 35.3 Å². The fourth-order valence-corrected chi connectivity index (χ4v) is 4.72. The van der Waals surface area contributed by atoms with E-state index in [2.05, 4.69) is 39.3 Å². The largest absolute Gasteiger partial charge is 0.383 e. The van der Waals surface area contributed by atoms with Crippen LogP contribution < -0.4 is 10.6 Å². The van der Waals surface area contributed by atoms with E-state index in [0.717, 1.165) is 45.2 Å². The van der Waals surface area contributed by atoms with Gasteiger partial charge >= 0.3 is 0 Å². The second kappa shape index (κ2) is 10.4. The molecule has 2 heterocycles. The Morgan fingerprint density at radius 3 is 2.64 bits per heavy atom. The maximum atomic E-state index is 12.0. The lowest BCUT2D eigenvalue weighted by molar-refractivity contribution is -0.122. The van der Waals surface area contributed by atoms with E-state index in [1.807, 2.05) is 7.05 Å². The number of halogens is 1. The standard InChI is InChI=1S/C19H35N5O3.HI/c1-19(2)16(14-5-11-27-17(14)19)22-18(20-3)24-9-7-23(8-10-24)13-15(25)21-6-12-26-4;/h14,16-17H,5-13H2,1-4H3,(H,20,22)(H,21,25);1H. The van der Waals surface area contributed by atoms with Crippen LogP contribution in [0.5, 0.6) is 0 Å². The highest BCUT2D eigenvalue weighted by Crippen LogP contribution is 2.52. The normalized spacial score (nSPS) is 29.5. The van der Waals surface area contributed by atoms with Gasteiger partial charge in [-0.25, -0.2) is 0 Å². The molecule has 3 atom stereocenters. The molecule has 0 bridgehead atoms. The third-order valence-electron chi connectivity index (χ3n) is 6.26. The first-order valence-electron chi connectivity index (χ1n) is 10.0. The second-order valence-corrected chi connectivity index (χ2v) is 8.34. The summed E-state index contributed by atoms with van der Waals surface area (Å²) >= 11 is 0. The number of aliphatic imine (C=N–C) groups is 1. The summed E-state index contributed by atoms with van der Waals surface area (Å²) in [5.41, 5.74) is 0.138. The summed E-state index contributed by atoms with van der Waals surface area (Å²) in [5.74, 6) is 1.63. The van der Waals surface area contributed by atoms with E-state index < -0.39 is 0 Å². The van der Waals surface area contributed by atoms with Gasteiger partial charge in [0.15, 0.2) is 5.96 Å². The maximum Gasteiger partial charge on any atom is 0.234 e. The van der Waals surface area contributed by atoms with E-state index in [1.165, 1.54) is 0 Å². The number of fused-ring (bicyclic) bond motifs is 1. The predicted molar refractivity (Wildman–Crippen MR) is 120 cm³/mol. The lowest BCUT2D eigenvalue weighted by atomic mass is 9.57. The molecule has 3 unspecified atom stereocenters. The van der Waals surface area contributed by atoms with Crippen LogP contribution in [0.3, 0.4) is 0 Å². The minimum Gasteiger partial charge on any atom is -0.383 e. The summed E-state index contributed by atoms with van der Waals surface area (Å²) in [7, 11) is 3.49. The van der Waals surface area contributed by atoms with Crippen LogP contribution in [0.4, 0.5) is 0 Å². The number of methoxy groups -OCH3 is 1. The third kappa shape index (κ3) is 5.09. The van der Waals surface area contributed by atoms with Gasteiger partial charge < -0.3 is 25.0 Å². The average Bonchev–Trinajstić information content (AvgIpc) is 3.11. The molecule has 1 aliphatic carbocycles. The van der Waals surface area contributed by atoms with Crippen LogP contribution in [0, 0.1) is 11.3 Å². The van der Waals surface area contributed by atoms with Crippen LogP contribution in [-0.2, 0) is 14.3 Å². The zero-order valence-corrected chi connectivity index (χ0v) is 19.9. The molecule has 28 heavy (non-hydrogen) atoms. The highest BCUT2D eigenvalue weighted by Gasteiger charge is 2.59. The van der Waals surface area contributed by atoms with Crippen molar-refractivity contribution in [2.24, 2.45) is 16.3 Å². The number of guanidine groups is 1. The highest BCUT2D eigenvalue weighted by atomic mass is 127. The van der Waals surface area contributed by atoms with Gasteiger partial charge in [0.1, 0.15) is 0 Å². The van der Waals surface area contributed by atoms with Crippen molar-refractivity contribution in [3.8, 4) is 0 Å². The number of piperazine rings is 1. The van der Waals surface area contributed by atoms with Crippen LogP contribution in [0.25, 0.3) is 0 Å². The summed E-state index contributed by atoms with van der Waals surface area (Å²) in [6.07, 6.45) is 1.51. The number of hydrogen-bond acceptors (Lipinski definition) is 5. The van der Waals surface area contributed by atoms with E-state index >= 15 is 0 Å². The fourth-order valence-electron chi connectivity index (χ4n) is 4.72. The average molecular weight is 509 g/mol. The van der Waals surface area contributed by atoms with Crippen molar-refractivity contribution < 1.29 is 14.3 Å². The smallest absolute Gasteiger partial charge is 0.234 e. The molecule has 2 aliphatic heterocycles. The summed E-state index contributed by atoms with van der Waals surface area (Å²) in [6, 6.07) is 0.410. The Bertz CT molecular complexity index is 552. The summed E-state index contributed by atoms with van der Waals surface area (Å²) in [5, 5.41) is 6.59. The number of amides is 1. The number of carbonyl (C=O) groups is 1. The summed E-state index contributed by atoms with van der Waals surface area (Å²) in [6.45, 7) is 10.5. The van der Waals surface area contributed by atoms with Crippen LogP contribution in [-0.4, -0.2) is 100 Å². The van der Waals surface area contributed by atoms with Crippen molar-refractivity contribution in [1.82, 2.24) is 20.4 Å². The second-order valence-electron chi connectivity index (χ2n) is 8.34. The lowest BCUT2D eigenvalue weighted by Crippen LogP contribution is -2.68. The number of nitrogens with zero attached hydrogens (tertiary/aromatic N) is 3. The molecule has 0 aromatic rings. The zero-order valence-electron chi connectivity index (χ0n) is 17.6. The molecule has 9 heteroatoms. The monoisotopic (exact) mass is 509 g/mol. The molecular formula is C19H36IN5O3. The van der Waals surface area contributed by atoms with Gasteiger partial charge in [-0.1, -0.05) is 13.8 Å². The van der Waals surface area contributed by atoms with Crippen molar-refractivity contribution in [3.63, 3.8) is 0 Å². The van der Waals surface area contributed by atoms with Crippen LogP contribution >= 0.6 is 24.0 Å². The van der Waals surface area contributed by atoms with E-state index in [0.29, 0.717) is 37.8 Å².